The van der Waals surface area contributed by atoms with Crippen molar-refractivity contribution in [3.63, 3.8) is 0 Å². The van der Waals surface area contributed by atoms with Gasteiger partial charge in [-0.05, 0) is 19.4 Å². The fraction of sp³-hybridized carbons (Fsp3) is 0.583. The van der Waals surface area contributed by atoms with E-state index in [1.54, 1.807) is 4.90 Å². The van der Waals surface area contributed by atoms with Crippen LogP contribution in [-0.4, -0.2) is 46.2 Å². The van der Waals surface area contributed by atoms with Gasteiger partial charge in [0.15, 0.2) is 0 Å². The molecule has 1 atom stereocenters. The number of aryl methyl sites for hydroxylation is 1. The highest BCUT2D eigenvalue weighted by molar-refractivity contribution is 5.88. The number of H-pyrrole nitrogens is 1. The number of nitrogens with one attached hydrogen (secondary N) is 3. The summed E-state index contributed by atoms with van der Waals surface area (Å²) >= 11 is 0. The van der Waals surface area contributed by atoms with Gasteiger partial charge in [-0.2, -0.15) is 5.10 Å². The highest BCUT2D eigenvalue weighted by Gasteiger charge is 2.31. The Kier molecular flexibility index (Phi) is 4.03. The minimum absolute atomic E-state index is 0.0838. The number of amides is 3. The number of piperazine rings is 1. The molecule has 1 aromatic rings. The largest absolute Gasteiger partial charge is 0.353 e. The normalized spacial score (nSPS) is 19.2. The van der Waals surface area contributed by atoms with Gasteiger partial charge in [0.05, 0.1) is 12.2 Å². The summed E-state index contributed by atoms with van der Waals surface area (Å²) in [7, 11) is 0. The maximum atomic E-state index is 12.1. The Bertz CT molecular complexity index is 470. The summed E-state index contributed by atoms with van der Waals surface area (Å²) in [6, 6.07) is 1.28. The smallest absolute Gasteiger partial charge is 0.318 e. The van der Waals surface area contributed by atoms with Crippen molar-refractivity contribution >= 4 is 11.9 Å². The molecule has 1 aliphatic rings. The van der Waals surface area contributed by atoms with Crippen molar-refractivity contribution in [2.75, 3.05) is 13.1 Å². The third kappa shape index (κ3) is 3.04. The van der Waals surface area contributed by atoms with Crippen molar-refractivity contribution < 1.29 is 9.59 Å². The Labute approximate surface area is 111 Å². The van der Waals surface area contributed by atoms with E-state index < -0.39 is 0 Å². The van der Waals surface area contributed by atoms with E-state index in [9.17, 15) is 9.59 Å². The molecule has 0 saturated carbocycles. The zero-order chi connectivity index (χ0) is 13.8. The summed E-state index contributed by atoms with van der Waals surface area (Å²) in [6.07, 6.45) is 0.612. The predicted molar refractivity (Wildman–Crippen MR) is 69.4 cm³/mol. The molecule has 0 aromatic carbocycles. The van der Waals surface area contributed by atoms with Crippen LogP contribution in [0, 0.1) is 6.92 Å². The molecule has 1 saturated heterocycles. The summed E-state index contributed by atoms with van der Waals surface area (Å²) < 4.78 is 0. The van der Waals surface area contributed by atoms with Gasteiger partial charge in [-0.25, -0.2) is 4.79 Å². The van der Waals surface area contributed by atoms with Crippen LogP contribution in [0.4, 0.5) is 4.79 Å². The van der Waals surface area contributed by atoms with Gasteiger partial charge in [-0.3, -0.25) is 9.89 Å². The van der Waals surface area contributed by atoms with Crippen molar-refractivity contribution in [3.8, 4) is 0 Å². The zero-order valence-corrected chi connectivity index (χ0v) is 11.2. The molecule has 1 fully saturated rings. The second-order valence-electron chi connectivity index (χ2n) is 4.61. The first kappa shape index (κ1) is 13.4. The molecule has 0 bridgehead atoms. The first-order chi connectivity index (χ1) is 9.11. The molecule has 7 nitrogen and oxygen atoms in total. The van der Waals surface area contributed by atoms with E-state index in [0.717, 1.165) is 11.4 Å². The van der Waals surface area contributed by atoms with Gasteiger partial charge >= 0.3 is 6.03 Å². The van der Waals surface area contributed by atoms with Crippen LogP contribution in [0.5, 0.6) is 0 Å². The third-order valence-electron chi connectivity index (χ3n) is 3.16. The molecule has 104 valence electrons. The van der Waals surface area contributed by atoms with Crippen molar-refractivity contribution in [1.29, 1.82) is 0 Å². The molecule has 19 heavy (non-hydrogen) atoms. The van der Waals surface area contributed by atoms with Crippen LogP contribution in [0.1, 0.15) is 24.7 Å². The van der Waals surface area contributed by atoms with Gasteiger partial charge < -0.3 is 15.5 Å². The number of hydrogen-bond donors (Lipinski definition) is 3. The number of urea groups is 1. The number of hydrogen-bond acceptors (Lipinski definition) is 3. The van der Waals surface area contributed by atoms with Crippen LogP contribution in [0.3, 0.4) is 0 Å². The molecule has 2 heterocycles. The Hall–Kier alpha value is -2.05. The summed E-state index contributed by atoms with van der Waals surface area (Å²) in [5.41, 5.74) is 1.73. The van der Waals surface area contributed by atoms with E-state index in [-0.39, 0.29) is 18.0 Å². The number of aromatic nitrogens is 2. The lowest BCUT2D eigenvalue weighted by atomic mass is 10.1. The highest BCUT2D eigenvalue weighted by Crippen LogP contribution is 2.09. The average molecular weight is 265 g/mol. The minimum Gasteiger partial charge on any atom is -0.353 e. The van der Waals surface area contributed by atoms with Gasteiger partial charge in [0, 0.05) is 18.8 Å². The Morgan fingerprint density at radius 2 is 2.42 bits per heavy atom. The maximum absolute atomic E-state index is 12.1. The zero-order valence-electron chi connectivity index (χ0n) is 11.2. The van der Waals surface area contributed by atoms with Gasteiger partial charge in [0.1, 0.15) is 6.04 Å². The summed E-state index contributed by atoms with van der Waals surface area (Å²) in [4.78, 5) is 25.3. The van der Waals surface area contributed by atoms with Crippen LogP contribution < -0.4 is 10.6 Å². The van der Waals surface area contributed by atoms with Crippen LogP contribution in [0.2, 0.25) is 0 Å². The Morgan fingerprint density at radius 3 is 3.05 bits per heavy atom. The monoisotopic (exact) mass is 265 g/mol. The van der Waals surface area contributed by atoms with Crippen LogP contribution in [-0.2, 0) is 11.3 Å². The van der Waals surface area contributed by atoms with Crippen molar-refractivity contribution in [3.05, 3.63) is 17.5 Å². The lowest BCUT2D eigenvalue weighted by Gasteiger charge is -2.34. The Balaban J connectivity index is 1.93. The molecule has 0 aliphatic carbocycles. The average Bonchev–Trinajstić information content (AvgIpc) is 2.81. The van der Waals surface area contributed by atoms with E-state index in [0.29, 0.717) is 26.1 Å². The topological polar surface area (TPSA) is 90.1 Å². The molecule has 3 N–H and O–H groups in total. The van der Waals surface area contributed by atoms with Gasteiger partial charge in [0.2, 0.25) is 5.91 Å². The van der Waals surface area contributed by atoms with Gasteiger partial charge in [0.25, 0.3) is 0 Å². The molecular formula is C12H19N5O2. The predicted octanol–water partition coefficient (Wildman–Crippen LogP) is 0.138. The molecule has 2 rings (SSSR count). The van der Waals surface area contributed by atoms with E-state index >= 15 is 0 Å². The second kappa shape index (κ2) is 5.73. The lowest BCUT2D eigenvalue weighted by molar-refractivity contribution is -0.127. The van der Waals surface area contributed by atoms with Crippen molar-refractivity contribution in [2.24, 2.45) is 0 Å². The fourth-order valence-corrected chi connectivity index (χ4v) is 2.20. The highest BCUT2D eigenvalue weighted by atomic mass is 16.2. The SMILES string of the molecule is CCC1C(=O)NCCN1C(=O)NCc1cc(C)[nH]n1. The molecule has 1 aromatic heterocycles. The molecule has 0 spiro atoms. The summed E-state index contributed by atoms with van der Waals surface area (Å²) in [5, 5.41) is 12.4. The number of carbonyl (C=O) groups excluding carboxylic acids is 2. The van der Waals surface area contributed by atoms with E-state index in [1.165, 1.54) is 0 Å². The number of carbonyl (C=O) groups is 2. The minimum atomic E-state index is -0.380. The first-order valence-corrected chi connectivity index (χ1v) is 6.45. The fourth-order valence-electron chi connectivity index (χ4n) is 2.20. The first-order valence-electron chi connectivity index (χ1n) is 6.45. The van der Waals surface area contributed by atoms with E-state index in [4.69, 9.17) is 0 Å². The number of rotatable bonds is 3. The summed E-state index contributed by atoms with van der Waals surface area (Å²) in [5.74, 6) is -0.0838. The third-order valence-corrected chi connectivity index (χ3v) is 3.16. The van der Waals surface area contributed by atoms with Crippen molar-refractivity contribution in [2.45, 2.75) is 32.9 Å². The molecule has 7 heteroatoms. The number of aromatic amines is 1. The second-order valence-corrected chi connectivity index (χ2v) is 4.61. The quantitative estimate of drug-likeness (QED) is 0.726. The molecule has 0 radical (unpaired) electrons. The lowest BCUT2D eigenvalue weighted by Crippen LogP contribution is -2.59. The van der Waals surface area contributed by atoms with Crippen LogP contribution in [0.15, 0.2) is 6.07 Å². The van der Waals surface area contributed by atoms with Gasteiger partial charge in [-0.15, -0.1) is 0 Å². The molecule has 1 unspecified atom stereocenters. The maximum Gasteiger partial charge on any atom is 0.318 e. The molecule has 1 aliphatic heterocycles. The van der Waals surface area contributed by atoms with Crippen molar-refractivity contribution in [1.82, 2.24) is 25.7 Å². The van der Waals surface area contributed by atoms with E-state index in [1.807, 2.05) is 19.9 Å². The van der Waals surface area contributed by atoms with E-state index in [2.05, 4.69) is 20.8 Å². The molecule has 3 amide bonds. The van der Waals surface area contributed by atoms with Crippen LogP contribution in [0.25, 0.3) is 0 Å². The standard InChI is InChI=1S/C12H19N5O2/c1-3-10-11(18)13-4-5-17(10)12(19)14-7-9-6-8(2)15-16-9/h6,10H,3-5,7H2,1-2H3,(H,13,18)(H,14,19)(H,15,16). The Morgan fingerprint density at radius 1 is 1.63 bits per heavy atom. The summed E-state index contributed by atoms with van der Waals surface area (Å²) in [6.45, 7) is 5.20. The number of nitrogens with zero attached hydrogens (tertiary/aromatic N) is 2. The van der Waals surface area contributed by atoms with Gasteiger partial charge in [-0.1, -0.05) is 6.92 Å². The molecular weight excluding hydrogens is 246 g/mol. The van der Waals surface area contributed by atoms with Crippen LogP contribution >= 0.6 is 0 Å².